The number of nitrogens with one attached hydrogen (secondary N) is 1. The Bertz CT molecular complexity index is 60.6. The Balaban J connectivity index is -0.0000000875. The van der Waals surface area contributed by atoms with Crippen LogP contribution in [0.2, 0.25) is 0 Å². The smallest absolute Gasteiger partial charge is 0.0785 e. The van der Waals surface area contributed by atoms with Crippen molar-refractivity contribution in [3.63, 3.8) is 0 Å². The van der Waals surface area contributed by atoms with Crippen molar-refractivity contribution in [2.45, 2.75) is 13.8 Å². The molecule has 0 aromatic heterocycles. The molecule has 1 rings (SSSR count). The van der Waals surface area contributed by atoms with E-state index in [-0.39, 0.29) is 24.0 Å². The van der Waals surface area contributed by atoms with Gasteiger partial charge in [0.05, 0.1) is 7.18 Å². The lowest BCUT2D eigenvalue weighted by molar-refractivity contribution is 0.636. The minimum absolute atomic E-state index is 0. The summed E-state index contributed by atoms with van der Waals surface area (Å²) in [7, 11) is 0.500. The quantitative estimate of drug-likeness (QED) is 0.521. The topological polar surface area (TPSA) is 12.0 Å². The van der Waals surface area contributed by atoms with Crippen LogP contribution in [-0.4, -0.2) is 20.3 Å². The molecule has 0 aliphatic carbocycles. The van der Waals surface area contributed by atoms with Crippen LogP contribution in [0.15, 0.2) is 12.2 Å². The molecule has 1 aliphatic rings. The molecule has 0 aromatic rings. The normalized spacial score (nSPS) is 12.2. The van der Waals surface area contributed by atoms with E-state index in [1.54, 1.807) is 0 Å². The second-order valence-corrected chi connectivity index (χ2v) is 1.35. The van der Waals surface area contributed by atoms with Crippen molar-refractivity contribution in [3.8, 4) is 0 Å². The third-order valence-corrected chi connectivity index (χ3v) is 0.750. The zero-order valence-electron chi connectivity index (χ0n) is 6.91. The summed E-state index contributed by atoms with van der Waals surface area (Å²) < 4.78 is 9.50. The molecule has 3 heteroatoms. The molecular weight excluding hydrogens is 244 g/mol. The number of hydrogen-bond acceptors (Lipinski definition) is 1. The van der Waals surface area contributed by atoms with Gasteiger partial charge in [-0.1, -0.05) is 20.4 Å². The highest BCUT2D eigenvalue weighted by Gasteiger charge is 2.00. The van der Waals surface area contributed by atoms with Crippen LogP contribution in [0.5, 0.6) is 0 Å². The summed E-state index contributed by atoms with van der Waals surface area (Å²) in [5.74, 6) is 0. The van der Waals surface area contributed by atoms with Gasteiger partial charge in [-0.15, -0.1) is 24.0 Å². The molecule has 0 atom stereocenters. The van der Waals surface area contributed by atoms with Crippen molar-refractivity contribution in [2.75, 3.05) is 20.3 Å². The third-order valence-electron chi connectivity index (χ3n) is 0.750. The molecule has 1 fully saturated rings. The van der Waals surface area contributed by atoms with Crippen LogP contribution in [-0.2, 0) is 0 Å². The van der Waals surface area contributed by atoms with Crippen molar-refractivity contribution in [1.82, 2.24) is 5.32 Å². The van der Waals surface area contributed by atoms with Gasteiger partial charge in [0, 0.05) is 13.1 Å². The molecule has 0 saturated carbocycles. The van der Waals surface area contributed by atoms with Crippen LogP contribution >= 0.6 is 24.0 Å². The molecular formula is C7H17FIN. The molecule has 0 spiro atoms. The lowest BCUT2D eigenvalue weighted by atomic mass is 10.2. The van der Waals surface area contributed by atoms with Crippen LogP contribution in [0, 0.1) is 0 Å². The zero-order valence-corrected chi connectivity index (χ0v) is 9.24. The van der Waals surface area contributed by atoms with E-state index in [2.05, 4.69) is 11.9 Å². The lowest BCUT2D eigenvalue weighted by Gasteiger charge is -2.15. The van der Waals surface area contributed by atoms with Gasteiger partial charge in [0.2, 0.25) is 0 Å². The van der Waals surface area contributed by atoms with Crippen molar-refractivity contribution in [1.29, 1.82) is 0 Å². The lowest BCUT2D eigenvalue weighted by Crippen LogP contribution is -2.32. The molecule has 0 bridgehead atoms. The van der Waals surface area contributed by atoms with Gasteiger partial charge in [0.1, 0.15) is 0 Å². The van der Waals surface area contributed by atoms with Gasteiger partial charge in [-0.25, -0.2) is 0 Å². The summed E-state index contributed by atoms with van der Waals surface area (Å²) in [4.78, 5) is 0. The number of halogens is 2. The average molecular weight is 261 g/mol. The molecule has 1 saturated heterocycles. The molecule has 1 nitrogen and oxygen atoms in total. The summed E-state index contributed by atoms with van der Waals surface area (Å²) in [6, 6.07) is 0. The minimum Gasteiger partial charge on any atom is -0.309 e. The Morgan fingerprint density at radius 2 is 1.50 bits per heavy atom. The first-order valence-corrected chi connectivity index (χ1v) is 3.15. The van der Waals surface area contributed by atoms with Gasteiger partial charge in [-0.05, 0) is 5.57 Å². The zero-order chi connectivity index (χ0) is 7.70. The Hall–Kier alpha value is 0.360. The molecule has 10 heavy (non-hydrogen) atoms. The van der Waals surface area contributed by atoms with E-state index in [9.17, 15) is 4.39 Å². The first-order valence-electron chi connectivity index (χ1n) is 3.15. The fraction of sp³-hybridized carbons (Fsp3) is 0.714. The highest BCUT2D eigenvalue weighted by Crippen LogP contribution is 1.92. The van der Waals surface area contributed by atoms with E-state index in [0.717, 1.165) is 13.1 Å². The number of alkyl halides is 1. The van der Waals surface area contributed by atoms with Crippen molar-refractivity contribution >= 4 is 24.0 Å². The summed E-state index contributed by atoms with van der Waals surface area (Å²) in [5.41, 5.74) is 1.32. The molecule has 0 amide bonds. The van der Waals surface area contributed by atoms with Crippen LogP contribution in [0.3, 0.4) is 0 Å². The molecule has 1 N–H and O–H groups in total. The summed E-state index contributed by atoms with van der Waals surface area (Å²) in [6.07, 6.45) is 0. The monoisotopic (exact) mass is 261 g/mol. The van der Waals surface area contributed by atoms with E-state index >= 15 is 0 Å². The van der Waals surface area contributed by atoms with Crippen LogP contribution in [0.4, 0.5) is 4.39 Å². The number of hydrogen-bond donors (Lipinski definition) is 1. The highest BCUT2D eigenvalue weighted by molar-refractivity contribution is 14.0. The van der Waals surface area contributed by atoms with E-state index in [1.165, 1.54) is 5.57 Å². The van der Waals surface area contributed by atoms with Crippen molar-refractivity contribution in [3.05, 3.63) is 12.2 Å². The Morgan fingerprint density at radius 1 is 1.30 bits per heavy atom. The minimum atomic E-state index is 0. The van der Waals surface area contributed by atoms with Gasteiger partial charge in [0.15, 0.2) is 0 Å². The average Bonchev–Trinajstić information content (AvgIpc) is 1.93. The number of rotatable bonds is 0. The standard InChI is InChI=1S/C4H7N.C2H6.CH3F.HI/c1-4-2-5-3-4;2*1-2;/h5H,1-3H2;1-2H3;1H3;1H. The van der Waals surface area contributed by atoms with Crippen LogP contribution < -0.4 is 5.32 Å². The maximum Gasteiger partial charge on any atom is 0.0785 e. The van der Waals surface area contributed by atoms with Gasteiger partial charge in [-0.2, -0.15) is 0 Å². The van der Waals surface area contributed by atoms with Gasteiger partial charge in [-0.3, -0.25) is 4.39 Å². The first kappa shape index (κ1) is 16.8. The predicted molar refractivity (Wildman–Crippen MR) is 55.8 cm³/mol. The van der Waals surface area contributed by atoms with Gasteiger partial charge < -0.3 is 5.32 Å². The van der Waals surface area contributed by atoms with E-state index < -0.39 is 0 Å². The Labute approximate surface area is 80.1 Å². The summed E-state index contributed by atoms with van der Waals surface area (Å²) >= 11 is 0. The van der Waals surface area contributed by atoms with E-state index in [0.29, 0.717) is 7.18 Å². The summed E-state index contributed by atoms with van der Waals surface area (Å²) in [5, 5.41) is 3.06. The van der Waals surface area contributed by atoms with E-state index in [4.69, 9.17) is 0 Å². The SMILES string of the molecule is C=C1CNC1.CC.CF.I. The Morgan fingerprint density at radius 3 is 1.50 bits per heavy atom. The van der Waals surface area contributed by atoms with Gasteiger partial charge in [0.25, 0.3) is 0 Å². The molecule has 1 aliphatic heterocycles. The highest BCUT2D eigenvalue weighted by atomic mass is 127. The third kappa shape index (κ3) is 11.2. The van der Waals surface area contributed by atoms with Crippen LogP contribution in [0.1, 0.15) is 13.8 Å². The van der Waals surface area contributed by atoms with Gasteiger partial charge >= 0.3 is 0 Å². The molecule has 64 valence electrons. The second-order valence-electron chi connectivity index (χ2n) is 1.35. The molecule has 1 heterocycles. The second kappa shape index (κ2) is 16.2. The maximum absolute atomic E-state index is 9.50. The first-order chi connectivity index (χ1) is 4.39. The molecule has 0 radical (unpaired) electrons. The predicted octanol–water partition coefficient (Wildman–Crippen LogP) is 2.38. The fourth-order valence-electron chi connectivity index (χ4n) is 0.302. The molecule has 0 aromatic carbocycles. The fourth-order valence-corrected chi connectivity index (χ4v) is 0.302. The largest absolute Gasteiger partial charge is 0.309 e. The van der Waals surface area contributed by atoms with Crippen LogP contribution in [0.25, 0.3) is 0 Å². The molecule has 0 unspecified atom stereocenters. The summed E-state index contributed by atoms with van der Waals surface area (Å²) in [6.45, 7) is 9.78. The van der Waals surface area contributed by atoms with Crippen molar-refractivity contribution < 1.29 is 4.39 Å². The maximum atomic E-state index is 9.50. The Kier molecular flexibility index (Phi) is 27.1. The van der Waals surface area contributed by atoms with Crippen molar-refractivity contribution in [2.24, 2.45) is 0 Å². The van der Waals surface area contributed by atoms with E-state index in [1.807, 2.05) is 13.8 Å².